The minimum absolute atomic E-state index is 0.321. The van der Waals surface area contributed by atoms with Gasteiger partial charge in [-0.05, 0) is 20.2 Å². The summed E-state index contributed by atoms with van der Waals surface area (Å²) in [6.45, 7) is 30.5. The average molecular weight is 472 g/mol. The average Bonchev–Trinajstić information content (AvgIpc) is 2.08. The van der Waals surface area contributed by atoms with Crippen molar-refractivity contribution in [1.82, 2.24) is 0 Å². The van der Waals surface area contributed by atoms with Crippen LogP contribution in [-0.4, -0.2) is 18.8 Å². The van der Waals surface area contributed by atoms with Crippen molar-refractivity contribution in [2.45, 2.75) is 114 Å². The molecule has 4 heteroatoms. The van der Waals surface area contributed by atoms with Crippen molar-refractivity contribution < 1.29 is 0 Å². The Balaban J connectivity index is 6.73. The first-order valence-electron chi connectivity index (χ1n) is 8.48. The summed E-state index contributed by atoms with van der Waals surface area (Å²) >= 11 is 8.65. The second kappa shape index (κ2) is 6.28. The molecule has 0 nitrogen and oxygen atoms in total. The van der Waals surface area contributed by atoms with Crippen LogP contribution >= 0.6 is 31.2 Å². The third kappa shape index (κ3) is 3.65. The number of hydrogen-bond acceptors (Lipinski definition) is 0. The highest BCUT2D eigenvalue weighted by molar-refractivity contribution is 9.27. The van der Waals surface area contributed by atoms with Crippen molar-refractivity contribution >= 4 is 46.0 Å². The topological polar surface area (TPSA) is 0 Å². The van der Waals surface area contributed by atoms with Crippen LogP contribution in [0, 0.1) is 0 Å². The molecule has 0 spiro atoms. The molecule has 0 aliphatic heterocycles. The maximum Gasteiger partial charge on any atom is 0.143 e. The van der Waals surface area contributed by atoms with Gasteiger partial charge in [0, 0.05) is 4.07 Å². The first kappa shape index (κ1) is 23.4. The molecule has 0 amide bonds. The smallest absolute Gasteiger partial charge is 0.125 e. The van der Waals surface area contributed by atoms with Gasteiger partial charge < -0.3 is 0 Å². The molecule has 0 bridgehead atoms. The normalized spacial score (nSPS) is 19.8. The third-order valence-electron chi connectivity index (χ3n) is 5.87. The fourth-order valence-electron chi connectivity index (χ4n) is 5.30. The van der Waals surface area contributed by atoms with E-state index in [1.807, 2.05) is 0 Å². The van der Waals surface area contributed by atoms with E-state index in [9.17, 15) is 0 Å². The Kier molecular flexibility index (Phi) is 6.68. The van der Waals surface area contributed by atoms with Crippen LogP contribution in [0.1, 0.15) is 83.1 Å². The van der Waals surface area contributed by atoms with E-state index < -0.39 is 14.8 Å². The monoisotopic (exact) mass is 470 g/mol. The summed E-state index contributed by atoms with van der Waals surface area (Å²) in [4.78, 5) is 0. The molecule has 2 atom stereocenters. The highest BCUT2D eigenvalue weighted by atomic mass is 79.9. The van der Waals surface area contributed by atoms with Crippen molar-refractivity contribution in [3.8, 4) is 0 Å². The molecular formula is C18H40Br2Si2. The summed E-state index contributed by atoms with van der Waals surface area (Å²) in [6, 6.07) is 0. The van der Waals surface area contributed by atoms with Gasteiger partial charge in [0.25, 0.3) is 0 Å². The number of rotatable bonds is 2. The van der Waals surface area contributed by atoms with Crippen LogP contribution in [0.15, 0.2) is 0 Å². The first-order valence-corrected chi connectivity index (χ1v) is 16.3. The second-order valence-corrected chi connectivity index (χ2v) is 30.3. The van der Waals surface area contributed by atoms with Gasteiger partial charge in [-0.3, -0.25) is 0 Å². The second-order valence-electron chi connectivity index (χ2n) is 11.2. The molecule has 0 aromatic carbocycles. The number of hydrogen-bond donors (Lipinski definition) is 0. The minimum atomic E-state index is -1.82. The lowest BCUT2D eigenvalue weighted by Gasteiger charge is -2.65. The highest BCUT2D eigenvalue weighted by Crippen LogP contribution is 2.67. The lowest BCUT2D eigenvalue weighted by atomic mass is 10.2. The number of alkyl halides is 1. The van der Waals surface area contributed by atoms with Crippen molar-refractivity contribution in [3.05, 3.63) is 0 Å². The predicted molar refractivity (Wildman–Crippen MR) is 118 cm³/mol. The van der Waals surface area contributed by atoms with E-state index in [-0.39, 0.29) is 0 Å². The minimum Gasteiger partial charge on any atom is -0.125 e. The molecule has 0 saturated heterocycles. The van der Waals surface area contributed by atoms with E-state index in [4.69, 9.17) is 0 Å². The Hall–Kier alpha value is 1.39. The lowest BCUT2D eigenvalue weighted by molar-refractivity contribution is 0.531. The van der Waals surface area contributed by atoms with Crippen LogP contribution in [0.25, 0.3) is 0 Å². The summed E-state index contributed by atoms with van der Waals surface area (Å²) in [5, 5.41) is 1.29. The summed E-state index contributed by atoms with van der Waals surface area (Å²) in [7, 11) is -1.82. The van der Waals surface area contributed by atoms with Gasteiger partial charge in [0.05, 0.1) is 8.07 Å². The van der Waals surface area contributed by atoms with Crippen LogP contribution in [0.3, 0.4) is 0 Å². The quantitative estimate of drug-likeness (QED) is 0.215. The Morgan fingerprint density at radius 3 is 0.955 bits per heavy atom. The van der Waals surface area contributed by atoms with Crippen LogP contribution in [0.4, 0.5) is 0 Å². The maximum absolute atomic E-state index is 4.34. The molecular weight excluding hydrogens is 432 g/mol. The van der Waals surface area contributed by atoms with Gasteiger partial charge in [0.1, 0.15) is 6.69 Å². The van der Waals surface area contributed by atoms with Gasteiger partial charge in [-0.1, -0.05) is 106 Å². The largest absolute Gasteiger partial charge is 0.143 e. The van der Waals surface area contributed by atoms with E-state index in [0.29, 0.717) is 24.2 Å². The van der Waals surface area contributed by atoms with Crippen LogP contribution in [-0.2, 0) is 0 Å². The molecule has 0 rings (SSSR count). The summed E-state index contributed by atoms with van der Waals surface area (Å²) in [6.07, 6.45) is 0. The van der Waals surface area contributed by atoms with E-state index in [1.54, 1.807) is 0 Å². The van der Waals surface area contributed by atoms with E-state index in [0.717, 1.165) is 0 Å². The molecule has 0 fully saturated rings. The molecule has 0 aliphatic carbocycles. The predicted octanol–water partition coefficient (Wildman–Crippen LogP) is 8.45. The summed E-state index contributed by atoms with van der Waals surface area (Å²) in [5.41, 5.74) is 0. The van der Waals surface area contributed by atoms with E-state index >= 15 is 0 Å². The fraction of sp³-hybridized carbons (Fsp3) is 1.00. The lowest BCUT2D eigenvalue weighted by Crippen LogP contribution is -2.71. The molecule has 0 radical (unpaired) electrons. The fourth-order valence-corrected chi connectivity index (χ4v) is 34.9. The molecule has 0 saturated carbocycles. The van der Waals surface area contributed by atoms with E-state index in [1.165, 1.54) is 0 Å². The standard InChI is InChI=1S/C18H40Br2Si2/c1-15(2,3)21(13,20)14(19)22(16(4,5)6,17(7,8)9)18(10,11)12/h14H,1-13H3. The van der Waals surface area contributed by atoms with Gasteiger partial charge in [-0.2, -0.15) is 0 Å². The highest BCUT2D eigenvalue weighted by Gasteiger charge is 2.67. The van der Waals surface area contributed by atoms with Gasteiger partial charge in [-0.25, -0.2) is 0 Å². The third-order valence-corrected chi connectivity index (χ3v) is 33.5. The van der Waals surface area contributed by atoms with Crippen molar-refractivity contribution in [1.29, 1.82) is 0 Å². The zero-order valence-corrected chi connectivity index (χ0v) is 22.5. The molecule has 134 valence electrons. The molecule has 0 aromatic heterocycles. The van der Waals surface area contributed by atoms with Crippen LogP contribution in [0.2, 0.25) is 26.7 Å². The Bertz CT molecular complexity index is 351. The summed E-state index contributed by atoms with van der Waals surface area (Å²) in [5.74, 6) is 0. The Morgan fingerprint density at radius 1 is 0.591 bits per heavy atom. The van der Waals surface area contributed by atoms with Gasteiger partial charge in [0.2, 0.25) is 0 Å². The van der Waals surface area contributed by atoms with Gasteiger partial charge in [-0.15, -0.1) is 15.3 Å². The van der Waals surface area contributed by atoms with E-state index in [2.05, 4.69) is 121 Å². The maximum atomic E-state index is 4.34. The van der Waals surface area contributed by atoms with Crippen molar-refractivity contribution in [2.75, 3.05) is 0 Å². The molecule has 2 unspecified atom stereocenters. The van der Waals surface area contributed by atoms with Crippen LogP contribution in [0.5, 0.6) is 0 Å². The Labute approximate surface area is 159 Å². The molecule has 22 heavy (non-hydrogen) atoms. The Morgan fingerprint density at radius 2 is 0.818 bits per heavy atom. The van der Waals surface area contributed by atoms with Gasteiger partial charge in [0.15, 0.2) is 0 Å². The molecule has 0 heterocycles. The zero-order chi connectivity index (χ0) is 18.6. The SMILES string of the molecule is CC(C)(C)[Si](C)(Br)C(Br)[Si](C(C)(C)C)(C(C)(C)C)C(C)(C)C. The van der Waals surface area contributed by atoms with Crippen LogP contribution < -0.4 is 0 Å². The van der Waals surface area contributed by atoms with Crippen molar-refractivity contribution in [3.63, 3.8) is 0 Å². The van der Waals surface area contributed by atoms with Crippen molar-refractivity contribution in [2.24, 2.45) is 0 Å². The molecule has 0 N–H and O–H groups in total. The molecule has 0 aromatic rings. The first-order chi connectivity index (χ1) is 9.15. The summed E-state index contributed by atoms with van der Waals surface area (Å²) < 4.78 is 0.604. The number of halogens is 2. The molecule has 0 aliphatic rings. The van der Waals surface area contributed by atoms with Gasteiger partial charge >= 0.3 is 0 Å². The zero-order valence-electron chi connectivity index (χ0n) is 17.3.